The Morgan fingerprint density at radius 1 is 1.33 bits per heavy atom. The maximum absolute atomic E-state index is 10.8. The molecule has 0 saturated heterocycles. The summed E-state index contributed by atoms with van der Waals surface area (Å²) in [5.74, 6) is -0.0912. The van der Waals surface area contributed by atoms with E-state index >= 15 is 0 Å². The van der Waals surface area contributed by atoms with Gasteiger partial charge in [-0.3, -0.25) is 4.79 Å². The van der Waals surface area contributed by atoms with Crippen LogP contribution >= 0.6 is 0 Å². The molecule has 0 N–H and O–H groups in total. The van der Waals surface area contributed by atoms with Gasteiger partial charge in [-0.2, -0.15) is 5.11 Å². The molecular formula is C9H9O3. The molecule has 0 fully saturated rings. The first-order chi connectivity index (χ1) is 5.70. The van der Waals surface area contributed by atoms with E-state index in [1.807, 2.05) is 0 Å². The fourth-order valence-electron chi connectivity index (χ4n) is 0.706. The van der Waals surface area contributed by atoms with E-state index in [1.54, 1.807) is 30.3 Å². The molecule has 3 heteroatoms. The topological polar surface area (TPSA) is 46.2 Å². The molecule has 0 heterocycles. The Bertz CT molecular complexity index is 256. The lowest BCUT2D eigenvalue weighted by Crippen LogP contribution is -2.22. The molecule has 1 rings (SSSR count). The SMILES string of the molecule is CC(=O)C([O])Oc1ccccc1. The van der Waals surface area contributed by atoms with Crippen LogP contribution in [0.2, 0.25) is 0 Å². The van der Waals surface area contributed by atoms with Crippen LogP contribution < -0.4 is 4.74 Å². The second-order valence-electron chi connectivity index (χ2n) is 2.37. The molecule has 1 aromatic carbocycles. The lowest BCUT2D eigenvalue weighted by atomic mass is 10.3. The van der Waals surface area contributed by atoms with Crippen molar-refractivity contribution in [1.29, 1.82) is 0 Å². The Morgan fingerprint density at radius 3 is 2.42 bits per heavy atom. The fourth-order valence-corrected chi connectivity index (χ4v) is 0.706. The standard InChI is InChI=1S/C9H9O3/c1-7(10)9(11)12-8-5-3-2-4-6-8/h2-6,9H,1H3. The minimum atomic E-state index is -1.60. The quantitative estimate of drug-likeness (QED) is 0.635. The number of para-hydroxylation sites is 1. The van der Waals surface area contributed by atoms with E-state index in [4.69, 9.17) is 4.74 Å². The lowest BCUT2D eigenvalue weighted by Gasteiger charge is -2.07. The zero-order chi connectivity index (χ0) is 8.97. The summed E-state index contributed by atoms with van der Waals surface area (Å²) in [6, 6.07) is 8.55. The van der Waals surface area contributed by atoms with Gasteiger partial charge in [-0.15, -0.1) is 0 Å². The summed E-state index contributed by atoms with van der Waals surface area (Å²) in [7, 11) is 0. The maximum Gasteiger partial charge on any atom is 0.288 e. The highest BCUT2D eigenvalue weighted by Gasteiger charge is 2.12. The molecule has 1 atom stereocenters. The first-order valence-electron chi connectivity index (χ1n) is 3.58. The van der Waals surface area contributed by atoms with E-state index in [1.165, 1.54) is 6.92 Å². The fraction of sp³-hybridized carbons (Fsp3) is 0.222. The first-order valence-corrected chi connectivity index (χ1v) is 3.58. The van der Waals surface area contributed by atoms with Crippen LogP contribution in [-0.2, 0) is 9.90 Å². The highest BCUT2D eigenvalue weighted by molar-refractivity contribution is 5.78. The van der Waals surface area contributed by atoms with E-state index in [-0.39, 0.29) is 0 Å². The van der Waals surface area contributed by atoms with E-state index in [0.29, 0.717) is 5.75 Å². The number of ether oxygens (including phenoxy) is 1. The van der Waals surface area contributed by atoms with Gasteiger partial charge in [0.25, 0.3) is 6.29 Å². The summed E-state index contributed by atoms with van der Waals surface area (Å²) >= 11 is 0. The van der Waals surface area contributed by atoms with Crippen LogP contribution in [0.5, 0.6) is 5.75 Å². The van der Waals surface area contributed by atoms with Crippen molar-refractivity contribution >= 4 is 5.78 Å². The van der Waals surface area contributed by atoms with Gasteiger partial charge in [0.05, 0.1) is 0 Å². The summed E-state index contributed by atoms with van der Waals surface area (Å²) in [6.07, 6.45) is -1.60. The van der Waals surface area contributed by atoms with Gasteiger partial charge in [0.1, 0.15) is 5.75 Å². The monoisotopic (exact) mass is 165 g/mol. The Balaban J connectivity index is 2.58. The van der Waals surface area contributed by atoms with E-state index in [2.05, 4.69) is 0 Å². The molecule has 3 nitrogen and oxygen atoms in total. The number of carbonyl (C=O) groups excluding carboxylic acids is 1. The van der Waals surface area contributed by atoms with Gasteiger partial charge < -0.3 is 4.74 Å². The number of ketones is 1. The van der Waals surface area contributed by atoms with Crippen molar-refractivity contribution in [1.82, 2.24) is 0 Å². The van der Waals surface area contributed by atoms with Crippen LogP contribution in [0, 0.1) is 0 Å². The molecule has 63 valence electrons. The predicted molar refractivity (Wildman–Crippen MR) is 42.2 cm³/mol. The van der Waals surface area contributed by atoms with E-state index in [0.717, 1.165) is 0 Å². The second-order valence-corrected chi connectivity index (χ2v) is 2.37. The smallest absolute Gasteiger partial charge is 0.288 e. The summed E-state index contributed by atoms with van der Waals surface area (Å²) in [6.45, 7) is 1.21. The van der Waals surface area contributed by atoms with Crippen molar-refractivity contribution in [2.24, 2.45) is 0 Å². The first kappa shape index (κ1) is 8.74. The van der Waals surface area contributed by atoms with Crippen molar-refractivity contribution in [2.75, 3.05) is 0 Å². The molecule has 0 aromatic heterocycles. The second kappa shape index (κ2) is 3.88. The predicted octanol–water partition coefficient (Wildman–Crippen LogP) is 1.41. The Kier molecular flexibility index (Phi) is 2.82. The molecule has 1 radical (unpaired) electrons. The minimum absolute atomic E-state index is 0.424. The Labute approximate surface area is 70.6 Å². The molecule has 0 aliphatic rings. The van der Waals surface area contributed by atoms with Crippen LogP contribution in [0.15, 0.2) is 30.3 Å². The molecule has 0 spiro atoms. The summed E-state index contributed by atoms with van der Waals surface area (Å²) < 4.78 is 4.77. The molecule has 0 aliphatic carbocycles. The largest absolute Gasteiger partial charge is 0.455 e. The highest BCUT2D eigenvalue weighted by Crippen LogP contribution is 2.10. The van der Waals surface area contributed by atoms with E-state index < -0.39 is 12.1 Å². The number of rotatable bonds is 3. The molecule has 0 amide bonds. The summed E-state index contributed by atoms with van der Waals surface area (Å²) in [5.41, 5.74) is 0. The molecule has 0 aliphatic heterocycles. The molecule has 1 aromatic rings. The number of Topliss-reactive ketones (excluding diaryl/α,β-unsaturated/α-hetero) is 1. The van der Waals surface area contributed by atoms with Crippen molar-refractivity contribution in [3.63, 3.8) is 0 Å². The molecule has 12 heavy (non-hydrogen) atoms. The third kappa shape index (κ3) is 2.36. The van der Waals surface area contributed by atoms with Gasteiger partial charge in [0, 0.05) is 6.92 Å². The zero-order valence-corrected chi connectivity index (χ0v) is 6.69. The van der Waals surface area contributed by atoms with Crippen LogP contribution in [0.1, 0.15) is 6.92 Å². The van der Waals surface area contributed by atoms with Gasteiger partial charge in [-0.1, -0.05) is 18.2 Å². The maximum atomic E-state index is 10.8. The van der Waals surface area contributed by atoms with Crippen LogP contribution in [0.3, 0.4) is 0 Å². The van der Waals surface area contributed by atoms with Crippen molar-refractivity contribution in [3.8, 4) is 5.75 Å². The van der Waals surface area contributed by atoms with Gasteiger partial charge in [-0.25, -0.2) is 0 Å². The van der Waals surface area contributed by atoms with Crippen LogP contribution in [0.25, 0.3) is 0 Å². The number of hydrogen-bond acceptors (Lipinski definition) is 2. The molecule has 0 bridgehead atoms. The average molecular weight is 165 g/mol. The van der Waals surface area contributed by atoms with Crippen molar-refractivity contribution in [3.05, 3.63) is 30.3 Å². The molecular weight excluding hydrogens is 156 g/mol. The Hall–Kier alpha value is -1.35. The third-order valence-corrected chi connectivity index (χ3v) is 1.32. The van der Waals surface area contributed by atoms with Gasteiger partial charge in [0.2, 0.25) is 5.78 Å². The average Bonchev–Trinajstić information content (AvgIpc) is 2.06. The van der Waals surface area contributed by atoms with Crippen LogP contribution in [0.4, 0.5) is 0 Å². The minimum Gasteiger partial charge on any atom is -0.455 e. The number of hydrogen-bond donors (Lipinski definition) is 0. The number of benzene rings is 1. The normalized spacial score (nSPS) is 12.2. The van der Waals surface area contributed by atoms with Gasteiger partial charge >= 0.3 is 0 Å². The Morgan fingerprint density at radius 2 is 1.92 bits per heavy atom. The lowest BCUT2D eigenvalue weighted by molar-refractivity contribution is -0.147. The van der Waals surface area contributed by atoms with Gasteiger partial charge in [-0.05, 0) is 12.1 Å². The summed E-state index contributed by atoms with van der Waals surface area (Å²) in [5, 5.41) is 10.8. The van der Waals surface area contributed by atoms with E-state index in [9.17, 15) is 9.90 Å². The highest BCUT2D eigenvalue weighted by atomic mass is 16.6. The zero-order valence-electron chi connectivity index (χ0n) is 6.69. The molecule has 1 unspecified atom stereocenters. The van der Waals surface area contributed by atoms with Gasteiger partial charge in [0.15, 0.2) is 0 Å². The van der Waals surface area contributed by atoms with Crippen molar-refractivity contribution < 1.29 is 14.6 Å². The summed E-state index contributed by atoms with van der Waals surface area (Å²) in [4.78, 5) is 10.5. The molecule has 0 saturated carbocycles. The number of carbonyl (C=O) groups is 1. The third-order valence-electron chi connectivity index (χ3n) is 1.32. The van der Waals surface area contributed by atoms with Crippen molar-refractivity contribution in [2.45, 2.75) is 13.2 Å². The van der Waals surface area contributed by atoms with Crippen LogP contribution in [-0.4, -0.2) is 12.1 Å².